The van der Waals surface area contributed by atoms with Crippen molar-refractivity contribution in [3.63, 3.8) is 0 Å². The third-order valence-corrected chi connectivity index (χ3v) is 2.53. The maximum absolute atomic E-state index is 12.9. The standard InChI is InChI=1S/C11H8F3N3O3/c1-20-6-2-3-17-8(4-6)16-9(11(12,13)14)7(5-15-19)10(17)18/h2-5,19H,1H3. The fourth-order valence-electron chi connectivity index (χ4n) is 1.65. The van der Waals surface area contributed by atoms with Gasteiger partial charge in [-0.1, -0.05) is 5.16 Å². The average Bonchev–Trinajstić information content (AvgIpc) is 2.40. The topological polar surface area (TPSA) is 76.2 Å². The van der Waals surface area contributed by atoms with Gasteiger partial charge in [-0.2, -0.15) is 13.2 Å². The summed E-state index contributed by atoms with van der Waals surface area (Å²) in [6.07, 6.45) is -3.22. The first kappa shape index (κ1) is 13.8. The van der Waals surface area contributed by atoms with Crippen molar-refractivity contribution in [2.75, 3.05) is 7.11 Å². The van der Waals surface area contributed by atoms with Crippen LogP contribution in [-0.2, 0) is 6.18 Å². The molecule has 20 heavy (non-hydrogen) atoms. The molecule has 0 amide bonds. The van der Waals surface area contributed by atoms with E-state index in [0.29, 0.717) is 6.21 Å². The molecule has 0 bridgehead atoms. The average molecular weight is 287 g/mol. The van der Waals surface area contributed by atoms with Gasteiger partial charge in [0.25, 0.3) is 5.56 Å². The summed E-state index contributed by atoms with van der Waals surface area (Å²) in [5, 5.41) is 10.9. The van der Waals surface area contributed by atoms with Crippen LogP contribution >= 0.6 is 0 Å². The van der Waals surface area contributed by atoms with Gasteiger partial charge in [-0.3, -0.25) is 9.20 Å². The monoisotopic (exact) mass is 287 g/mol. The van der Waals surface area contributed by atoms with Crippen LogP contribution in [-0.4, -0.2) is 27.9 Å². The Labute approximate surface area is 109 Å². The molecule has 1 N–H and O–H groups in total. The zero-order valence-corrected chi connectivity index (χ0v) is 10.0. The molecule has 0 saturated heterocycles. The second kappa shape index (κ2) is 4.83. The maximum Gasteiger partial charge on any atom is 0.434 e. The zero-order chi connectivity index (χ0) is 14.9. The Morgan fingerprint density at radius 1 is 1.50 bits per heavy atom. The molecule has 2 rings (SSSR count). The lowest BCUT2D eigenvalue weighted by atomic mass is 10.2. The molecule has 0 radical (unpaired) electrons. The first-order valence-electron chi connectivity index (χ1n) is 5.23. The minimum Gasteiger partial charge on any atom is -0.497 e. The number of nitrogens with zero attached hydrogens (tertiary/aromatic N) is 3. The van der Waals surface area contributed by atoms with Crippen LogP contribution in [0.15, 0.2) is 28.3 Å². The van der Waals surface area contributed by atoms with E-state index in [1.807, 2.05) is 0 Å². The Balaban J connectivity index is 2.89. The van der Waals surface area contributed by atoms with Gasteiger partial charge in [-0.25, -0.2) is 4.98 Å². The molecule has 106 valence electrons. The summed E-state index contributed by atoms with van der Waals surface area (Å²) in [5.74, 6) is 0.258. The SMILES string of the molecule is COc1ccn2c(=O)c(C=NO)c(C(F)(F)F)nc2c1. The predicted molar refractivity (Wildman–Crippen MR) is 62.4 cm³/mol. The van der Waals surface area contributed by atoms with Crippen molar-refractivity contribution in [2.45, 2.75) is 6.18 Å². The molecular formula is C11H8F3N3O3. The Hall–Kier alpha value is -2.58. The number of halogens is 3. The molecular weight excluding hydrogens is 279 g/mol. The lowest BCUT2D eigenvalue weighted by Gasteiger charge is -2.11. The predicted octanol–water partition coefficient (Wildman–Crippen LogP) is 1.53. The highest BCUT2D eigenvalue weighted by atomic mass is 19.4. The molecule has 9 heteroatoms. The summed E-state index contributed by atoms with van der Waals surface area (Å²) < 4.78 is 44.4. The Morgan fingerprint density at radius 3 is 2.75 bits per heavy atom. The largest absolute Gasteiger partial charge is 0.497 e. The first-order valence-corrected chi connectivity index (χ1v) is 5.23. The van der Waals surface area contributed by atoms with Crippen molar-refractivity contribution < 1.29 is 23.1 Å². The highest BCUT2D eigenvalue weighted by Gasteiger charge is 2.37. The number of hydrogen-bond acceptors (Lipinski definition) is 5. The highest BCUT2D eigenvalue weighted by Crippen LogP contribution is 2.29. The van der Waals surface area contributed by atoms with E-state index in [1.54, 1.807) is 0 Å². The van der Waals surface area contributed by atoms with Crippen molar-refractivity contribution in [1.29, 1.82) is 0 Å². The molecule has 0 aromatic carbocycles. The van der Waals surface area contributed by atoms with E-state index in [0.717, 1.165) is 4.40 Å². The van der Waals surface area contributed by atoms with Crippen molar-refractivity contribution >= 4 is 11.9 Å². The lowest BCUT2D eigenvalue weighted by molar-refractivity contribution is -0.141. The molecule has 2 heterocycles. The van der Waals surface area contributed by atoms with Crippen LogP contribution in [0.25, 0.3) is 5.65 Å². The molecule has 0 aliphatic heterocycles. The molecule has 2 aromatic rings. The fraction of sp³-hybridized carbons (Fsp3) is 0.182. The lowest BCUT2D eigenvalue weighted by Crippen LogP contribution is -2.26. The van der Waals surface area contributed by atoms with Gasteiger partial charge in [0.2, 0.25) is 0 Å². The number of aromatic nitrogens is 2. The van der Waals surface area contributed by atoms with Crippen LogP contribution in [0.3, 0.4) is 0 Å². The summed E-state index contributed by atoms with van der Waals surface area (Å²) in [6.45, 7) is 0. The summed E-state index contributed by atoms with van der Waals surface area (Å²) >= 11 is 0. The smallest absolute Gasteiger partial charge is 0.434 e. The zero-order valence-electron chi connectivity index (χ0n) is 10.0. The maximum atomic E-state index is 12.9. The van der Waals surface area contributed by atoms with Gasteiger partial charge < -0.3 is 9.94 Å². The quantitative estimate of drug-likeness (QED) is 0.516. The van der Waals surface area contributed by atoms with Crippen LogP contribution in [0.1, 0.15) is 11.3 Å². The third kappa shape index (κ3) is 2.29. The summed E-state index contributed by atoms with van der Waals surface area (Å²) in [7, 11) is 1.33. The van der Waals surface area contributed by atoms with E-state index in [1.165, 1.54) is 25.4 Å². The summed E-state index contributed by atoms with van der Waals surface area (Å²) in [5.41, 5.74) is -3.49. The molecule has 0 atom stereocenters. The van der Waals surface area contributed by atoms with Crippen LogP contribution in [0, 0.1) is 0 Å². The summed E-state index contributed by atoms with van der Waals surface area (Å²) in [4.78, 5) is 15.4. The Kier molecular flexibility index (Phi) is 3.35. The van der Waals surface area contributed by atoms with Crippen LogP contribution < -0.4 is 10.3 Å². The number of methoxy groups -OCH3 is 1. The molecule has 0 aliphatic rings. The number of fused-ring (bicyclic) bond motifs is 1. The van der Waals surface area contributed by atoms with E-state index in [4.69, 9.17) is 9.94 Å². The van der Waals surface area contributed by atoms with Crippen LogP contribution in [0.2, 0.25) is 0 Å². The van der Waals surface area contributed by atoms with Crippen molar-refractivity contribution in [2.24, 2.45) is 5.16 Å². The molecule has 0 spiro atoms. The number of hydrogen-bond donors (Lipinski definition) is 1. The van der Waals surface area contributed by atoms with Crippen molar-refractivity contribution in [1.82, 2.24) is 9.38 Å². The van der Waals surface area contributed by atoms with Crippen molar-refractivity contribution in [3.8, 4) is 5.75 Å². The van der Waals surface area contributed by atoms with E-state index in [9.17, 15) is 18.0 Å². The number of ether oxygens (including phenoxy) is 1. The fourth-order valence-corrected chi connectivity index (χ4v) is 1.65. The molecule has 0 unspecified atom stereocenters. The first-order chi connectivity index (χ1) is 9.38. The molecule has 0 aliphatic carbocycles. The van der Waals surface area contributed by atoms with E-state index in [-0.39, 0.29) is 11.4 Å². The van der Waals surface area contributed by atoms with E-state index < -0.39 is 23.0 Å². The minimum atomic E-state index is -4.85. The van der Waals surface area contributed by atoms with Crippen LogP contribution in [0.4, 0.5) is 13.2 Å². The highest BCUT2D eigenvalue weighted by molar-refractivity contribution is 5.80. The molecule has 0 fully saturated rings. The van der Waals surface area contributed by atoms with E-state index in [2.05, 4.69) is 10.1 Å². The minimum absolute atomic E-state index is 0.225. The van der Waals surface area contributed by atoms with Gasteiger partial charge in [0.15, 0.2) is 5.69 Å². The third-order valence-electron chi connectivity index (χ3n) is 2.53. The van der Waals surface area contributed by atoms with E-state index >= 15 is 0 Å². The van der Waals surface area contributed by atoms with Gasteiger partial charge in [0.1, 0.15) is 11.4 Å². The number of rotatable bonds is 2. The van der Waals surface area contributed by atoms with Crippen molar-refractivity contribution in [3.05, 3.63) is 39.9 Å². The molecule has 0 saturated carbocycles. The Morgan fingerprint density at radius 2 is 2.20 bits per heavy atom. The van der Waals surface area contributed by atoms with Gasteiger partial charge in [0.05, 0.1) is 18.9 Å². The molecule has 6 nitrogen and oxygen atoms in total. The van der Waals surface area contributed by atoms with Gasteiger partial charge in [0, 0.05) is 12.3 Å². The normalized spacial score (nSPS) is 12.2. The Bertz CT molecular complexity index is 737. The van der Waals surface area contributed by atoms with Crippen LogP contribution in [0.5, 0.6) is 5.75 Å². The van der Waals surface area contributed by atoms with Gasteiger partial charge in [-0.15, -0.1) is 0 Å². The van der Waals surface area contributed by atoms with Gasteiger partial charge >= 0.3 is 6.18 Å². The second-order valence-corrected chi connectivity index (χ2v) is 3.72. The second-order valence-electron chi connectivity index (χ2n) is 3.72. The number of alkyl halides is 3. The summed E-state index contributed by atoms with van der Waals surface area (Å²) in [6, 6.07) is 2.58. The number of pyridine rings is 1. The van der Waals surface area contributed by atoms with Gasteiger partial charge in [-0.05, 0) is 6.07 Å². The molecule has 2 aromatic heterocycles. The number of oxime groups is 1.